The van der Waals surface area contributed by atoms with E-state index in [1.165, 1.54) is 25.3 Å². The van der Waals surface area contributed by atoms with Crippen LogP contribution in [-0.2, 0) is 9.53 Å². The standard InChI is InChI=1S/C17H16FNO4/c1-11-3-6-13(9-15(11)18)19-16(20)10-23-14-7-4-12(5-8-14)17(21)22-2/h3-9H,10H2,1-2H3,(H,19,20). The molecule has 0 aliphatic heterocycles. The molecule has 0 heterocycles. The number of amides is 1. The first-order valence-corrected chi connectivity index (χ1v) is 6.87. The highest BCUT2D eigenvalue weighted by molar-refractivity contribution is 5.92. The summed E-state index contributed by atoms with van der Waals surface area (Å²) in [5.41, 5.74) is 1.26. The van der Waals surface area contributed by atoms with Gasteiger partial charge in [-0.05, 0) is 48.9 Å². The quantitative estimate of drug-likeness (QED) is 0.861. The van der Waals surface area contributed by atoms with Crippen LogP contribution in [-0.4, -0.2) is 25.6 Å². The van der Waals surface area contributed by atoms with Crippen LogP contribution < -0.4 is 10.1 Å². The van der Waals surface area contributed by atoms with Gasteiger partial charge in [-0.25, -0.2) is 9.18 Å². The van der Waals surface area contributed by atoms with Crippen LogP contribution in [0.15, 0.2) is 42.5 Å². The molecule has 0 bridgehead atoms. The number of methoxy groups -OCH3 is 1. The summed E-state index contributed by atoms with van der Waals surface area (Å²) >= 11 is 0. The molecule has 0 atom stereocenters. The molecule has 1 N–H and O–H groups in total. The van der Waals surface area contributed by atoms with Gasteiger partial charge in [0.25, 0.3) is 5.91 Å². The molecule has 0 saturated carbocycles. The van der Waals surface area contributed by atoms with E-state index in [1.54, 1.807) is 31.2 Å². The topological polar surface area (TPSA) is 64.6 Å². The first-order valence-electron chi connectivity index (χ1n) is 6.87. The Hall–Kier alpha value is -2.89. The lowest BCUT2D eigenvalue weighted by atomic mass is 10.2. The van der Waals surface area contributed by atoms with Gasteiger partial charge in [-0.1, -0.05) is 6.07 Å². The zero-order valence-electron chi connectivity index (χ0n) is 12.8. The van der Waals surface area contributed by atoms with Gasteiger partial charge in [-0.15, -0.1) is 0 Å². The summed E-state index contributed by atoms with van der Waals surface area (Å²) in [5.74, 6) is -0.814. The SMILES string of the molecule is COC(=O)c1ccc(OCC(=O)Nc2ccc(C)c(F)c2)cc1. The molecule has 2 aromatic rings. The zero-order valence-corrected chi connectivity index (χ0v) is 12.8. The molecule has 0 aliphatic carbocycles. The maximum absolute atomic E-state index is 13.4. The van der Waals surface area contributed by atoms with Crippen molar-refractivity contribution in [3.63, 3.8) is 0 Å². The number of nitrogens with one attached hydrogen (secondary N) is 1. The summed E-state index contributed by atoms with van der Waals surface area (Å²) in [4.78, 5) is 23.1. The number of carbonyl (C=O) groups excluding carboxylic acids is 2. The van der Waals surface area contributed by atoms with Crippen molar-refractivity contribution in [1.29, 1.82) is 0 Å². The molecule has 0 radical (unpaired) electrons. The molecule has 2 aromatic carbocycles. The van der Waals surface area contributed by atoms with Crippen LogP contribution in [0.3, 0.4) is 0 Å². The van der Waals surface area contributed by atoms with Crippen molar-refractivity contribution in [2.24, 2.45) is 0 Å². The van der Waals surface area contributed by atoms with Gasteiger partial charge in [0.15, 0.2) is 6.61 Å². The second-order valence-corrected chi connectivity index (χ2v) is 4.82. The van der Waals surface area contributed by atoms with E-state index in [0.29, 0.717) is 22.6 Å². The number of carbonyl (C=O) groups is 2. The summed E-state index contributed by atoms with van der Waals surface area (Å²) < 4.78 is 23.3. The number of aryl methyl sites for hydroxylation is 1. The maximum atomic E-state index is 13.4. The summed E-state index contributed by atoms with van der Waals surface area (Å²) in [6.45, 7) is 1.41. The van der Waals surface area contributed by atoms with Crippen molar-refractivity contribution >= 4 is 17.6 Å². The maximum Gasteiger partial charge on any atom is 0.337 e. The Labute approximate surface area is 133 Å². The molecule has 23 heavy (non-hydrogen) atoms. The average molecular weight is 317 g/mol. The van der Waals surface area contributed by atoms with Crippen molar-refractivity contribution in [2.45, 2.75) is 6.92 Å². The van der Waals surface area contributed by atoms with Gasteiger partial charge in [0.2, 0.25) is 0 Å². The molecule has 1 amide bonds. The highest BCUT2D eigenvalue weighted by Gasteiger charge is 2.07. The first-order chi connectivity index (χ1) is 11.0. The minimum absolute atomic E-state index is 0.229. The fraction of sp³-hybridized carbons (Fsp3) is 0.176. The van der Waals surface area contributed by atoms with Crippen molar-refractivity contribution in [3.05, 3.63) is 59.4 Å². The summed E-state index contributed by atoms with van der Waals surface area (Å²) in [6, 6.07) is 10.6. The number of benzene rings is 2. The molecule has 0 aromatic heterocycles. The van der Waals surface area contributed by atoms with Gasteiger partial charge < -0.3 is 14.8 Å². The van der Waals surface area contributed by atoms with E-state index in [4.69, 9.17) is 4.74 Å². The Morgan fingerprint density at radius 2 is 1.83 bits per heavy atom. The number of ether oxygens (including phenoxy) is 2. The van der Waals surface area contributed by atoms with Gasteiger partial charge in [0.05, 0.1) is 12.7 Å². The molecule has 0 spiro atoms. The molecule has 2 rings (SSSR count). The predicted molar refractivity (Wildman–Crippen MR) is 83.0 cm³/mol. The highest BCUT2D eigenvalue weighted by Crippen LogP contribution is 2.15. The summed E-state index contributed by atoms with van der Waals surface area (Å²) in [5, 5.41) is 2.54. The average Bonchev–Trinajstić information content (AvgIpc) is 2.56. The van der Waals surface area contributed by atoms with E-state index in [1.807, 2.05) is 0 Å². The number of hydrogen-bond donors (Lipinski definition) is 1. The van der Waals surface area contributed by atoms with E-state index in [9.17, 15) is 14.0 Å². The van der Waals surface area contributed by atoms with Gasteiger partial charge in [0, 0.05) is 5.69 Å². The van der Waals surface area contributed by atoms with Crippen LogP contribution >= 0.6 is 0 Å². The lowest BCUT2D eigenvalue weighted by Gasteiger charge is -2.08. The zero-order chi connectivity index (χ0) is 16.8. The van der Waals surface area contributed by atoms with E-state index in [-0.39, 0.29) is 12.4 Å². The number of anilines is 1. The van der Waals surface area contributed by atoms with Gasteiger partial charge >= 0.3 is 5.97 Å². The molecular formula is C17H16FNO4. The van der Waals surface area contributed by atoms with Gasteiger partial charge in [-0.3, -0.25) is 4.79 Å². The number of rotatable bonds is 5. The molecule has 5 nitrogen and oxygen atoms in total. The molecule has 0 aliphatic rings. The van der Waals surface area contributed by atoms with Gasteiger partial charge in [0.1, 0.15) is 11.6 Å². The normalized spacial score (nSPS) is 10.0. The number of esters is 1. The lowest BCUT2D eigenvalue weighted by molar-refractivity contribution is -0.118. The fourth-order valence-electron chi connectivity index (χ4n) is 1.82. The Morgan fingerprint density at radius 1 is 1.13 bits per heavy atom. The summed E-state index contributed by atoms with van der Waals surface area (Å²) in [7, 11) is 1.30. The third-order valence-electron chi connectivity index (χ3n) is 3.10. The minimum Gasteiger partial charge on any atom is -0.484 e. The van der Waals surface area contributed by atoms with E-state index in [2.05, 4.69) is 10.1 Å². The van der Waals surface area contributed by atoms with Crippen LogP contribution in [0.4, 0.5) is 10.1 Å². The third kappa shape index (κ3) is 4.54. The van der Waals surface area contributed by atoms with E-state index < -0.39 is 11.9 Å². The fourth-order valence-corrected chi connectivity index (χ4v) is 1.82. The Morgan fingerprint density at radius 3 is 2.43 bits per heavy atom. The Kier molecular flexibility index (Phi) is 5.30. The van der Waals surface area contributed by atoms with Gasteiger partial charge in [-0.2, -0.15) is 0 Å². The monoisotopic (exact) mass is 317 g/mol. The van der Waals surface area contributed by atoms with Crippen molar-refractivity contribution in [2.75, 3.05) is 19.0 Å². The third-order valence-corrected chi connectivity index (χ3v) is 3.10. The van der Waals surface area contributed by atoms with E-state index >= 15 is 0 Å². The minimum atomic E-state index is -0.448. The van der Waals surface area contributed by atoms with Crippen molar-refractivity contribution in [3.8, 4) is 5.75 Å². The second-order valence-electron chi connectivity index (χ2n) is 4.82. The molecule has 0 saturated heterocycles. The predicted octanol–water partition coefficient (Wildman–Crippen LogP) is 2.94. The molecule has 6 heteroatoms. The molecule has 120 valence electrons. The number of halogens is 1. The van der Waals surface area contributed by atoms with Crippen LogP contribution in [0.1, 0.15) is 15.9 Å². The Balaban J connectivity index is 1.88. The summed E-state index contributed by atoms with van der Waals surface area (Å²) in [6.07, 6.45) is 0. The van der Waals surface area contributed by atoms with Crippen LogP contribution in [0.25, 0.3) is 0 Å². The van der Waals surface area contributed by atoms with Crippen LogP contribution in [0.2, 0.25) is 0 Å². The van der Waals surface area contributed by atoms with Crippen molar-refractivity contribution < 1.29 is 23.5 Å². The second kappa shape index (κ2) is 7.40. The highest BCUT2D eigenvalue weighted by atomic mass is 19.1. The van der Waals surface area contributed by atoms with Crippen molar-refractivity contribution in [1.82, 2.24) is 0 Å². The molecular weight excluding hydrogens is 301 g/mol. The lowest BCUT2D eigenvalue weighted by Crippen LogP contribution is -2.20. The van der Waals surface area contributed by atoms with Crippen LogP contribution in [0, 0.1) is 12.7 Å². The molecule has 0 unspecified atom stereocenters. The number of hydrogen-bond acceptors (Lipinski definition) is 4. The molecule has 0 fully saturated rings. The van der Waals surface area contributed by atoms with Crippen LogP contribution in [0.5, 0.6) is 5.75 Å². The first kappa shape index (κ1) is 16.5. The smallest absolute Gasteiger partial charge is 0.337 e. The van der Waals surface area contributed by atoms with E-state index in [0.717, 1.165) is 0 Å². The Bertz CT molecular complexity index is 713. The largest absolute Gasteiger partial charge is 0.484 e.